The lowest BCUT2D eigenvalue weighted by atomic mass is 10.2. The lowest BCUT2D eigenvalue weighted by Gasteiger charge is -2.21. The van der Waals surface area contributed by atoms with Crippen LogP contribution in [0.3, 0.4) is 0 Å². The van der Waals surface area contributed by atoms with E-state index in [1.165, 1.54) is 11.0 Å². The van der Waals surface area contributed by atoms with E-state index in [4.69, 9.17) is 0 Å². The van der Waals surface area contributed by atoms with Gasteiger partial charge in [-0.3, -0.25) is 14.9 Å². The van der Waals surface area contributed by atoms with Gasteiger partial charge in [0.15, 0.2) is 0 Å². The first-order chi connectivity index (χ1) is 9.99. The first-order valence-corrected chi connectivity index (χ1v) is 6.88. The number of aliphatic hydroxyl groups excluding tert-OH is 1. The van der Waals surface area contributed by atoms with Crippen LogP contribution in [0.4, 0.5) is 11.4 Å². The highest BCUT2D eigenvalue weighted by Gasteiger charge is 2.31. The molecule has 0 saturated heterocycles. The minimum absolute atomic E-state index is 0.0429. The SMILES string of the molecule is CN(CC(O)C1CC1)C(=O)CNc1ccccc1[N+](=O)[O-]. The van der Waals surface area contributed by atoms with Gasteiger partial charge >= 0.3 is 0 Å². The largest absolute Gasteiger partial charge is 0.391 e. The van der Waals surface area contributed by atoms with Gasteiger partial charge in [-0.15, -0.1) is 0 Å². The van der Waals surface area contributed by atoms with E-state index in [-0.39, 0.29) is 18.1 Å². The number of carbonyl (C=O) groups is 1. The molecule has 0 spiro atoms. The maximum atomic E-state index is 12.0. The normalized spacial score (nSPS) is 15.3. The van der Waals surface area contributed by atoms with Gasteiger partial charge in [0.05, 0.1) is 17.6 Å². The molecule has 1 amide bonds. The van der Waals surface area contributed by atoms with Crippen molar-refractivity contribution in [2.75, 3.05) is 25.5 Å². The van der Waals surface area contributed by atoms with Crippen molar-refractivity contribution >= 4 is 17.3 Å². The predicted molar refractivity (Wildman–Crippen MR) is 78.0 cm³/mol. The number of para-hydroxylation sites is 2. The van der Waals surface area contributed by atoms with Crippen molar-refractivity contribution in [1.82, 2.24) is 4.90 Å². The molecule has 1 aliphatic rings. The molecule has 0 radical (unpaired) electrons. The summed E-state index contributed by atoms with van der Waals surface area (Å²) in [5.74, 6) is 0.0938. The minimum Gasteiger partial charge on any atom is -0.391 e. The van der Waals surface area contributed by atoms with E-state index < -0.39 is 11.0 Å². The Kier molecular flexibility index (Phi) is 4.74. The average molecular weight is 293 g/mol. The number of nitrogens with zero attached hydrogens (tertiary/aromatic N) is 2. The van der Waals surface area contributed by atoms with E-state index in [0.29, 0.717) is 18.2 Å². The van der Waals surface area contributed by atoms with Crippen LogP contribution >= 0.6 is 0 Å². The van der Waals surface area contributed by atoms with E-state index in [1.807, 2.05) is 0 Å². The van der Waals surface area contributed by atoms with Gasteiger partial charge in [0, 0.05) is 19.7 Å². The van der Waals surface area contributed by atoms with Crippen LogP contribution in [0.25, 0.3) is 0 Å². The first kappa shape index (κ1) is 15.2. The third kappa shape index (κ3) is 4.16. The molecule has 0 aromatic heterocycles. The lowest BCUT2D eigenvalue weighted by molar-refractivity contribution is -0.383. The van der Waals surface area contributed by atoms with Crippen LogP contribution < -0.4 is 5.32 Å². The number of amides is 1. The summed E-state index contributed by atoms with van der Waals surface area (Å²) in [6.45, 7) is 0.251. The van der Waals surface area contributed by atoms with Crippen LogP contribution in [0.5, 0.6) is 0 Å². The second-order valence-electron chi connectivity index (χ2n) is 5.31. The summed E-state index contributed by atoms with van der Waals surface area (Å²) in [5, 5.41) is 23.5. The molecule has 0 bridgehead atoms. The molecule has 0 heterocycles. The van der Waals surface area contributed by atoms with E-state index >= 15 is 0 Å². The zero-order chi connectivity index (χ0) is 15.4. The molecular formula is C14H19N3O4. The Labute approximate surface area is 122 Å². The maximum Gasteiger partial charge on any atom is 0.292 e. The van der Waals surface area contributed by atoms with Gasteiger partial charge in [0.1, 0.15) is 5.69 Å². The van der Waals surface area contributed by atoms with Gasteiger partial charge in [-0.2, -0.15) is 0 Å². The monoisotopic (exact) mass is 293 g/mol. The molecule has 1 aromatic carbocycles. The Hall–Kier alpha value is -2.15. The van der Waals surface area contributed by atoms with Gasteiger partial charge in [-0.1, -0.05) is 12.1 Å². The van der Waals surface area contributed by atoms with Crippen molar-refractivity contribution in [3.63, 3.8) is 0 Å². The summed E-state index contributed by atoms with van der Waals surface area (Å²) in [5.41, 5.74) is 0.248. The highest BCUT2D eigenvalue weighted by atomic mass is 16.6. The van der Waals surface area contributed by atoms with E-state index in [0.717, 1.165) is 12.8 Å². The Morgan fingerprint density at radius 1 is 1.52 bits per heavy atom. The third-order valence-corrected chi connectivity index (χ3v) is 3.58. The van der Waals surface area contributed by atoms with Gasteiger partial charge < -0.3 is 15.3 Å². The number of aliphatic hydroxyl groups is 1. The van der Waals surface area contributed by atoms with Crippen molar-refractivity contribution in [2.45, 2.75) is 18.9 Å². The zero-order valence-electron chi connectivity index (χ0n) is 11.9. The fourth-order valence-corrected chi connectivity index (χ4v) is 2.10. The summed E-state index contributed by atoms with van der Waals surface area (Å²) in [6.07, 6.45) is 1.54. The minimum atomic E-state index is -0.493. The number of benzene rings is 1. The number of anilines is 1. The Morgan fingerprint density at radius 3 is 2.81 bits per heavy atom. The van der Waals surface area contributed by atoms with Crippen molar-refractivity contribution in [2.24, 2.45) is 5.92 Å². The van der Waals surface area contributed by atoms with Gasteiger partial charge in [-0.25, -0.2) is 0 Å². The molecule has 7 heteroatoms. The predicted octanol–water partition coefficient (Wildman–Crippen LogP) is 1.24. The second kappa shape index (κ2) is 6.53. The quantitative estimate of drug-likeness (QED) is 0.582. The molecule has 2 rings (SSSR count). The molecule has 21 heavy (non-hydrogen) atoms. The highest BCUT2D eigenvalue weighted by Crippen LogP contribution is 2.32. The van der Waals surface area contributed by atoms with Crippen molar-refractivity contribution < 1.29 is 14.8 Å². The number of nitro groups is 1. The maximum absolute atomic E-state index is 12.0. The van der Waals surface area contributed by atoms with Crippen LogP contribution in [0, 0.1) is 16.0 Å². The fraction of sp³-hybridized carbons (Fsp3) is 0.500. The molecule has 1 saturated carbocycles. The molecule has 7 nitrogen and oxygen atoms in total. The average Bonchev–Trinajstić information content (AvgIpc) is 3.29. The van der Waals surface area contributed by atoms with Gasteiger partial charge in [-0.05, 0) is 24.8 Å². The number of carbonyl (C=O) groups excluding carboxylic acids is 1. The summed E-state index contributed by atoms with van der Waals surface area (Å²) in [6, 6.07) is 6.18. The van der Waals surface area contributed by atoms with Gasteiger partial charge in [0.25, 0.3) is 5.69 Å². The Balaban J connectivity index is 1.87. The molecule has 1 aromatic rings. The molecular weight excluding hydrogens is 274 g/mol. The van der Waals surface area contributed by atoms with Crippen molar-refractivity contribution in [1.29, 1.82) is 0 Å². The summed E-state index contributed by atoms with van der Waals surface area (Å²) >= 11 is 0. The third-order valence-electron chi connectivity index (χ3n) is 3.58. The summed E-state index contributed by atoms with van der Waals surface area (Å²) in [4.78, 5) is 23.8. The number of hydrogen-bond donors (Lipinski definition) is 2. The fourth-order valence-electron chi connectivity index (χ4n) is 2.10. The van der Waals surface area contributed by atoms with E-state index in [9.17, 15) is 20.0 Å². The summed E-state index contributed by atoms with van der Waals surface area (Å²) < 4.78 is 0. The molecule has 1 fully saturated rings. The molecule has 114 valence electrons. The van der Waals surface area contributed by atoms with Crippen molar-refractivity contribution in [3.8, 4) is 0 Å². The van der Waals surface area contributed by atoms with Crippen LogP contribution in [-0.2, 0) is 4.79 Å². The molecule has 2 N–H and O–H groups in total. The number of likely N-dealkylation sites (N-methyl/N-ethyl adjacent to an activating group) is 1. The standard InChI is InChI=1S/C14H19N3O4/c1-16(9-13(18)10-6-7-10)14(19)8-15-11-4-2-3-5-12(11)17(20)21/h2-5,10,13,15,18H,6-9H2,1H3. The van der Waals surface area contributed by atoms with Crippen LogP contribution in [0.1, 0.15) is 12.8 Å². The van der Waals surface area contributed by atoms with Crippen molar-refractivity contribution in [3.05, 3.63) is 34.4 Å². The number of nitrogens with one attached hydrogen (secondary N) is 1. The summed E-state index contributed by atoms with van der Waals surface area (Å²) in [7, 11) is 1.62. The van der Waals surface area contributed by atoms with Crippen LogP contribution in [0.15, 0.2) is 24.3 Å². The van der Waals surface area contributed by atoms with Crippen LogP contribution in [0.2, 0.25) is 0 Å². The zero-order valence-corrected chi connectivity index (χ0v) is 11.9. The number of rotatable bonds is 7. The van der Waals surface area contributed by atoms with Gasteiger partial charge in [0.2, 0.25) is 5.91 Å². The van der Waals surface area contributed by atoms with E-state index in [2.05, 4.69) is 5.32 Å². The molecule has 1 unspecified atom stereocenters. The lowest BCUT2D eigenvalue weighted by Crippen LogP contribution is -2.38. The molecule has 0 aliphatic heterocycles. The second-order valence-corrected chi connectivity index (χ2v) is 5.31. The highest BCUT2D eigenvalue weighted by molar-refractivity contribution is 5.81. The Morgan fingerprint density at radius 2 is 2.19 bits per heavy atom. The Bertz CT molecular complexity index is 531. The van der Waals surface area contributed by atoms with Crippen LogP contribution in [-0.4, -0.2) is 47.1 Å². The number of hydrogen-bond acceptors (Lipinski definition) is 5. The molecule has 1 atom stereocenters. The topological polar surface area (TPSA) is 95.7 Å². The molecule has 1 aliphatic carbocycles. The van der Waals surface area contributed by atoms with E-state index in [1.54, 1.807) is 25.2 Å². The first-order valence-electron chi connectivity index (χ1n) is 6.88. The number of nitro benzene ring substituents is 1. The smallest absolute Gasteiger partial charge is 0.292 e.